The maximum Gasteiger partial charge on any atom is 0.309 e. The lowest BCUT2D eigenvalue weighted by atomic mass is 10.2. The van der Waals surface area contributed by atoms with Crippen LogP contribution in [-0.2, 0) is 29.1 Å². The molecule has 2 rings (SSSR count). The minimum absolute atomic E-state index is 0.0293. The molecule has 2 heterocycles. The second kappa shape index (κ2) is 9.42. The number of nitrogens with one attached hydrogen (secondary N) is 2. The molecule has 1 fully saturated rings. The number of sulfonamides is 1. The first-order valence-corrected chi connectivity index (χ1v) is 10.4. The molecule has 0 spiro atoms. The standard InChI is InChI=1S/C15H23N3O6S2/c1-23-12(24-2)10-17-15(20)14(19)16-9-11-5-3-7-18(11)26(21,22)13-6-4-8-25-13/h4,6,8,11-12H,3,5,7,9-10H2,1-2H3,(H,16,19)(H,17,20)/t11-/m1/s1. The van der Waals surface area contributed by atoms with Crippen LogP contribution in [0.5, 0.6) is 0 Å². The zero-order chi connectivity index (χ0) is 19.2. The van der Waals surface area contributed by atoms with Gasteiger partial charge in [0.1, 0.15) is 4.21 Å². The molecule has 0 bridgehead atoms. The SMILES string of the molecule is COC(CNC(=O)C(=O)NC[C@H]1CCCN1S(=O)(=O)c1cccs1)OC. The van der Waals surface area contributed by atoms with E-state index in [4.69, 9.17) is 9.47 Å². The van der Waals surface area contributed by atoms with Crippen molar-refractivity contribution in [3.05, 3.63) is 17.5 Å². The molecule has 0 radical (unpaired) electrons. The van der Waals surface area contributed by atoms with Gasteiger partial charge in [-0.15, -0.1) is 11.3 Å². The number of amides is 2. The molecule has 26 heavy (non-hydrogen) atoms. The molecule has 1 saturated heterocycles. The molecule has 1 aliphatic rings. The van der Waals surface area contributed by atoms with Crippen molar-refractivity contribution >= 4 is 33.2 Å². The van der Waals surface area contributed by atoms with Crippen LogP contribution in [0, 0.1) is 0 Å². The number of nitrogens with zero attached hydrogens (tertiary/aromatic N) is 1. The number of hydrogen-bond donors (Lipinski definition) is 2. The summed E-state index contributed by atoms with van der Waals surface area (Å²) in [5.41, 5.74) is 0. The normalized spacial score (nSPS) is 18.2. The summed E-state index contributed by atoms with van der Waals surface area (Å²) in [5.74, 6) is -1.65. The van der Waals surface area contributed by atoms with Crippen molar-refractivity contribution in [1.82, 2.24) is 14.9 Å². The van der Waals surface area contributed by atoms with Crippen LogP contribution in [0.15, 0.2) is 21.7 Å². The fourth-order valence-electron chi connectivity index (χ4n) is 2.67. The third-order valence-electron chi connectivity index (χ3n) is 4.04. The first-order valence-electron chi connectivity index (χ1n) is 8.07. The number of thiophene rings is 1. The monoisotopic (exact) mass is 405 g/mol. The molecule has 0 aliphatic carbocycles. The van der Waals surface area contributed by atoms with E-state index >= 15 is 0 Å². The molecule has 1 atom stereocenters. The Kier molecular flexibility index (Phi) is 7.53. The minimum Gasteiger partial charge on any atom is -0.354 e. The van der Waals surface area contributed by atoms with E-state index in [9.17, 15) is 18.0 Å². The first kappa shape index (κ1) is 20.8. The van der Waals surface area contributed by atoms with Crippen molar-refractivity contribution in [2.45, 2.75) is 29.4 Å². The largest absolute Gasteiger partial charge is 0.354 e. The molecule has 1 aromatic heterocycles. The van der Waals surface area contributed by atoms with Crippen LogP contribution in [0.4, 0.5) is 0 Å². The number of rotatable bonds is 8. The topological polar surface area (TPSA) is 114 Å². The lowest BCUT2D eigenvalue weighted by molar-refractivity contribution is -0.141. The summed E-state index contributed by atoms with van der Waals surface area (Å²) in [6.45, 7) is 0.507. The number of methoxy groups -OCH3 is 2. The van der Waals surface area contributed by atoms with Gasteiger partial charge in [0.2, 0.25) is 0 Å². The van der Waals surface area contributed by atoms with E-state index in [2.05, 4.69) is 10.6 Å². The number of hydrogen-bond acceptors (Lipinski definition) is 7. The van der Waals surface area contributed by atoms with Gasteiger partial charge in [-0.25, -0.2) is 8.42 Å². The van der Waals surface area contributed by atoms with Crippen LogP contribution < -0.4 is 10.6 Å². The predicted molar refractivity (Wildman–Crippen MR) is 95.1 cm³/mol. The van der Waals surface area contributed by atoms with Crippen molar-refractivity contribution in [2.75, 3.05) is 33.9 Å². The Morgan fingerprint density at radius 1 is 1.31 bits per heavy atom. The van der Waals surface area contributed by atoms with Crippen LogP contribution in [0.3, 0.4) is 0 Å². The lowest BCUT2D eigenvalue weighted by Crippen LogP contribution is -2.48. The van der Waals surface area contributed by atoms with Crippen molar-refractivity contribution in [2.24, 2.45) is 0 Å². The number of ether oxygens (including phenoxy) is 2. The van der Waals surface area contributed by atoms with Crippen LogP contribution in [0.2, 0.25) is 0 Å². The molecular weight excluding hydrogens is 382 g/mol. The Morgan fingerprint density at radius 3 is 2.62 bits per heavy atom. The van der Waals surface area contributed by atoms with Gasteiger partial charge in [-0.3, -0.25) is 9.59 Å². The van der Waals surface area contributed by atoms with Crippen LogP contribution in [0.1, 0.15) is 12.8 Å². The van der Waals surface area contributed by atoms with Gasteiger partial charge in [0, 0.05) is 33.4 Å². The van der Waals surface area contributed by atoms with Gasteiger partial charge in [-0.1, -0.05) is 6.07 Å². The van der Waals surface area contributed by atoms with Gasteiger partial charge in [-0.05, 0) is 24.3 Å². The Bertz CT molecular complexity index is 703. The van der Waals surface area contributed by atoms with Gasteiger partial charge < -0.3 is 20.1 Å². The molecule has 1 aromatic rings. The Balaban J connectivity index is 1.88. The molecule has 9 nitrogen and oxygen atoms in total. The maximum absolute atomic E-state index is 12.6. The van der Waals surface area contributed by atoms with Gasteiger partial charge in [0.15, 0.2) is 6.29 Å². The summed E-state index contributed by atoms with van der Waals surface area (Å²) in [6.07, 6.45) is 0.691. The van der Waals surface area contributed by atoms with Crippen molar-refractivity contribution in [3.63, 3.8) is 0 Å². The molecule has 1 aliphatic heterocycles. The van der Waals surface area contributed by atoms with Gasteiger partial charge >= 0.3 is 11.8 Å². The molecule has 146 valence electrons. The lowest BCUT2D eigenvalue weighted by Gasteiger charge is -2.23. The van der Waals surface area contributed by atoms with Crippen molar-refractivity contribution in [3.8, 4) is 0 Å². The Hall–Kier alpha value is -1.53. The maximum atomic E-state index is 12.6. The van der Waals surface area contributed by atoms with Crippen molar-refractivity contribution < 1.29 is 27.5 Å². The van der Waals surface area contributed by atoms with E-state index in [1.165, 1.54) is 18.5 Å². The van der Waals surface area contributed by atoms with Gasteiger partial charge in [-0.2, -0.15) is 4.31 Å². The Morgan fingerprint density at radius 2 is 2.00 bits per heavy atom. The summed E-state index contributed by atoms with van der Waals surface area (Å²) >= 11 is 1.16. The van der Waals surface area contributed by atoms with E-state index < -0.39 is 28.1 Å². The van der Waals surface area contributed by atoms with E-state index in [1.54, 1.807) is 17.5 Å². The second-order valence-corrected chi connectivity index (χ2v) is 8.73. The number of carbonyl (C=O) groups is 2. The summed E-state index contributed by atoms with van der Waals surface area (Å²) < 4.78 is 36.8. The third kappa shape index (κ3) is 5.01. The zero-order valence-electron chi connectivity index (χ0n) is 14.6. The molecule has 11 heteroatoms. The van der Waals surface area contributed by atoms with E-state index in [-0.39, 0.29) is 23.3 Å². The summed E-state index contributed by atoms with van der Waals surface area (Å²) in [7, 11) is -0.734. The average Bonchev–Trinajstić information content (AvgIpc) is 3.32. The Labute approximate surface area is 156 Å². The minimum atomic E-state index is -3.57. The molecule has 2 N–H and O–H groups in total. The highest BCUT2D eigenvalue weighted by Gasteiger charge is 2.36. The van der Waals surface area contributed by atoms with Gasteiger partial charge in [0.05, 0.1) is 6.54 Å². The molecule has 0 saturated carbocycles. The molecule has 2 amide bonds. The predicted octanol–water partition coefficient (Wildman–Crippen LogP) is -0.247. The molecule has 0 aromatic carbocycles. The highest BCUT2D eigenvalue weighted by Crippen LogP contribution is 2.28. The van der Waals surface area contributed by atoms with Crippen molar-refractivity contribution in [1.29, 1.82) is 0 Å². The third-order valence-corrected chi connectivity index (χ3v) is 7.37. The fourth-order valence-corrected chi connectivity index (χ4v) is 5.48. The first-order chi connectivity index (χ1) is 12.4. The summed E-state index contributed by atoms with van der Waals surface area (Å²) in [4.78, 5) is 23.7. The smallest absolute Gasteiger partial charge is 0.309 e. The van der Waals surface area contributed by atoms with Crippen LogP contribution >= 0.6 is 11.3 Å². The summed E-state index contributed by atoms with van der Waals surface area (Å²) in [6, 6.07) is 2.87. The van der Waals surface area contributed by atoms with Crippen LogP contribution in [0.25, 0.3) is 0 Å². The van der Waals surface area contributed by atoms with Crippen LogP contribution in [-0.4, -0.2) is 70.7 Å². The zero-order valence-corrected chi connectivity index (χ0v) is 16.3. The van der Waals surface area contributed by atoms with Gasteiger partial charge in [0.25, 0.3) is 10.0 Å². The molecular formula is C15H23N3O6S2. The quantitative estimate of drug-likeness (QED) is 0.456. The highest BCUT2D eigenvalue weighted by atomic mass is 32.2. The summed E-state index contributed by atoms with van der Waals surface area (Å²) in [5, 5.41) is 6.59. The number of carbonyl (C=O) groups excluding carboxylic acids is 2. The van der Waals surface area contributed by atoms with E-state index in [0.29, 0.717) is 19.4 Å². The molecule has 0 unspecified atom stereocenters. The van der Waals surface area contributed by atoms with E-state index in [1.807, 2.05) is 0 Å². The second-order valence-electron chi connectivity index (χ2n) is 5.66. The fraction of sp³-hybridized carbons (Fsp3) is 0.600. The average molecular weight is 405 g/mol. The highest BCUT2D eigenvalue weighted by molar-refractivity contribution is 7.91. The van der Waals surface area contributed by atoms with E-state index in [0.717, 1.165) is 11.3 Å².